The van der Waals surface area contributed by atoms with Crippen LogP contribution < -0.4 is 0 Å². The summed E-state index contributed by atoms with van der Waals surface area (Å²) in [5.74, 6) is -5.12. The molecule has 0 aromatic heterocycles. The Hall–Kier alpha value is -2.44. The highest BCUT2D eigenvalue weighted by Gasteiger charge is 2.40. The highest BCUT2D eigenvalue weighted by atomic mass is 19.1. The van der Waals surface area contributed by atoms with Gasteiger partial charge >= 0.3 is 17.9 Å². The van der Waals surface area contributed by atoms with Crippen molar-refractivity contribution in [2.45, 2.75) is 33.1 Å². The minimum absolute atomic E-state index is 0.0595. The Balaban J connectivity index is 3.28. The first kappa shape index (κ1) is 20.6. The third-order valence-electron chi connectivity index (χ3n) is 3.45. The van der Waals surface area contributed by atoms with Crippen LogP contribution >= 0.6 is 0 Å². The van der Waals surface area contributed by atoms with Crippen LogP contribution in [0.4, 0.5) is 4.39 Å². The van der Waals surface area contributed by atoms with E-state index in [1.807, 2.05) is 0 Å². The predicted molar refractivity (Wildman–Crippen MR) is 87.1 cm³/mol. The minimum Gasteiger partial charge on any atom is -0.466 e. The maximum absolute atomic E-state index is 13.6. The number of hydrogen-bond acceptors (Lipinski definition) is 6. The lowest BCUT2D eigenvalue weighted by atomic mass is 9.83. The van der Waals surface area contributed by atoms with Gasteiger partial charge in [0, 0.05) is 5.92 Å². The molecular formula is C18H23FO6. The van der Waals surface area contributed by atoms with Gasteiger partial charge in [-0.1, -0.05) is 12.1 Å². The number of hydrogen-bond donors (Lipinski definition) is 0. The topological polar surface area (TPSA) is 78.9 Å². The molecule has 1 aromatic carbocycles. The highest BCUT2D eigenvalue weighted by Crippen LogP contribution is 2.31. The predicted octanol–water partition coefficient (Wildman–Crippen LogP) is 2.60. The first-order valence-corrected chi connectivity index (χ1v) is 8.18. The molecule has 0 bridgehead atoms. The monoisotopic (exact) mass is 354 g/mol. The molecule has 0 fully saturated rings. The Bertz CT molecular complexity index is 583. The lowest BCUT2D eigenvalue weighted by Crippen LogP contribution is -2.34. The molecular weight excluding hydrogens is 331 g/mol. The Morgan fingerprint density at radius 1 is 0.960 bits per heavy atom. The average Bonchev–Trinajstić information content (AvgIpc) is 2.55. The summed E-state index contributed by atoms with van der Waals surface area (Å²) in [4.78, 5) is 36.6. The van der Waals surface area contributed by atoms with Crippen molar-refractivity contribution in [3.8, 4) is 0 Å². The molecule has 0 spiro atoms. The van der Waals surface area contributed by atoms with Crippen LogP contribution in [0.2, 0.25) is 0 Å². The van der Waals surface area contributed by atoms with Gasteiger partial charge in [-0.05, 0) is 38.5 Å². The fraction of sp³-hybridized carbons (Fsp3) is 0.500. The summed E-state index contributed by atoms with van der Waals surface area (Å²) >= 11 is 0. The van der Waals surface area contributed by atoms with E-state index in [4.69, 9.17) is 14.2 Å². The third kappa shape index (κ3) is 6.17. The summed E-state index contributed by atoms with van der Waals surface area (Å²) in [6.07, 6.45) is -0.278. The maximum atomic E-state index is 13.6. The van der Waals surface area contributed by atoms with Gasteiger partial charge in [0.2, 0.25) is 0 Å². The van der Waals surface area contributed by atoms with Crippen LogP contribution in [0, 0.1) is 11.7 Å². The molecule has 6 nitrogen and oxygen atoms in total. The first-order chi connectivity index (χ1) is 11.9. The molecule has 0 aliphatic heterocycles. The average molecular weight is 354 g/mol. The SMILES string of the molecule is CCOC(=O)CC(c1cccc(F)c1)C(C(=O)OCC)C(=O)OCC. The highest BCUT2D eigenvalue weighted by molar-refractivity contribution is 5.96. The second kappa shape index (κ2) is 10.4. The van der Waals surface area contributed by atoms with E-state index in [0.29, 0.717) is 5.56 Å². The van der Waals surface area contributed by atoms with Crippen LogP contribution in [0.3, 0.4) is 0 Å². The molecule has 0 N–H and O–H groups in total. The Morgan fingerprint density at radius 3 is 2.00 bits per heavy atom. The third-order valence-corrected chi connectivity index (χ3v) is 3.45. The molecule has 1 atom stereocenters. The molecule has 1 unspecified atom stereocenters. The first-order valence-electron chi connectivity index (χ1n) is 8.18. The summed E-state index contributed by atoms with van der Waals surface area (Å²) in [5.41, 5.74) is 0.319. The van der Waals surface area contributed by atoms with E-state index in [9.17, 15) is 18.8 Å². The molecule has 0 amide bonds. The Morgan fingerprint density at radius 2 is 1.52 bits per heavy atom. The Labute approximate surface area is 146 Å². The molecule has 1 rings (SSSR count). The van der Waals surface area contributed by atoms with Crippen molar-refractivity contribution >= 4 is 17.9 Å². The Kier molecular flexibility index (Phi) is 8.60. The molecule has 0 radical (unpaired) electrons. The number of carbonyl (C=O) groups is 3. The number of halogens is 1. The summed E-state index contributed by atoms with van der Waals surface area (Å²) in [5, 5.41) is 0. The van der Waals surface area contributed by atoms with Crippen molar-refractivity contribution in [2.75, 3.05) is 19.8 Å². The normalized spacial score (nSPS) is 11.7. The van der Waals surface area contributed by atoms with Crippen LogP contribution in [0.5, 0.6) is 0 Å². The molecule has 0 aliphatic carbocycles. The summed E-state index contributed by atoms with van der Waals surface area (Å²) in [7, 11) is 0. The van der Waals surface area contributed by atoms with Crippen molar-refractivity contribution in [3.05, 3.63) is 35.6 Å². The van der Waals surface area contributed by atoms with Gasteiger partial charge in [-0.2, -0.15) is 0 Å². The molecule has 0 aliphatic rings. The molecule has 138 valence electrons. The largest absolute Gasteiger partial charge is 0.466 e. The second-order valence-electron chi connectivity index (χ2n) is 5.15. The molecule has 0 saturated heterocycles. The molecule has 0 saturated carbocycles. The zero-order valence-corrected chi connectivity index (χ0v) is 14.6. The number of ether oxygens (including phenoxy) is 3. The van der Waals surface area contributed by atoms with Crippen molar-refractivity contribution < 1.29 is 33.0 Å². The summed E-state index contributed by atoms with van der Waals surface area (Å²) in [6, 6.07) is 5.39. The van der Waals surface area contributed by atoms with Crippen LogP contribution in [-0.2, 0) is 28.6 Å². The van der Waals surface area contributed by atoms with E-state index in [2.05, 4.69) is 0 Å². The van der Waals surface area contributed by atoms with Crippen LogP contribution in [0.15, 0.2) is 24.3 Å². The van der Waals surface area contributed by atoms with E-state index in [0.717, 1.165) is 0 Å². The van der Waals surface area contributed by atoms with Gasteiger partial charge in [0.1, 0.15) is 5.82 Å². The van der Waals surface area contributed by atoms with Crippen molar-refractivity contribution in [1.29, 1.82) is 0 Å². The molecule has 25 heavy (non-hydrogen) atoms. The van der Waals surface area contributed by atoms with Gasteiger partial charge in [0.15, 0.2) is 5.92 Å². The smallest absolute Gasteiger partial charge is 0.320 e. The van der Waals surface area contributed by atoms with E-state index < -0.39 is 35.6 Å². The fourth-order valence-corrected chi connectivity index (χ4v) is 2.45. The van der Waals surface area contributed by atoms with Crippen molar-refractivity contribution in [1.82, 2.24) is 0 Å². The van der Waals surface area contributed by atoms with Crippen LogP contribution in [0.25, 0.3) is 0 Å². The standard InChI is InChI=1S/C18H23FO6/c1-4-23-15(20)11-14(12-8-7-9-13(19)10-12)16(17(21)24-5-2)18(22)25-6-3/h7-10,14,16H,4-6,11H2,1-3H3. The van der Waals surface area contributed by atoms with Crippen LogP contribution in [-0.4, -0.2) is 37.7 Å². The van der Waals surface area contributed by atoms with Gasteiger partial charge in [0.25, 0.3) is 0 Å². The minimum atomic E-state index is -1.38. The van der Waals surface area contributed by atoms with Gasteiger partial charge in [-0.15, -0.1) is 0 Å². The van der Waals surface area contributed by atoms with Crippen molar-refractivity contribution in [2.24, 2.45) is 5.92 Å². The number of carbonyl (C=O) groups excluding carboxylic acids is 3. The number of rotatable bonds is 9. The lowest BCUT2D eigenvalue weighted by Gasteiger charge is -2.24. The molecule has 7 heteroatoms. The maximum Gasteiger partial charge on any atom is 0.320 e. The van der Waals surface area contributed by atoms with Gasteiger partial charge in [-0.3, -0.25) is 14.4 Å². The fourth-order valence-electron chi connectivity index (χ4n) is 2.45. The number of benzene rings is 1. The van der Waals surface area contributed by atoms with Crippen LogP contribution in [0.1, 0.15) is 38.7 Å². The van der Waals surface area contributed by atoms with E-state index in [-0.39, 0.29) is 26.2 Å². The lowest BCUT2D eigenvalue weighted by molar-refractivity contribution is -0.163. The zero-order chi connectivity index (χ0) is 18.8. The zero-order valence-electron chi connectivity index (χ0n) is 14.6. The summed E-state index contributed by atoms with van der Waals surface area (Å²) < 4.78 is 28.5. The quantitative estimate of drug-likeness (QED) is 0.385. The molecule has 0 heterocycles. The summed E-state index contributed by atoms with van der Waals surface area (Å²) in [6.45, 7) is 5.11. The van der Waals surface area contributed by atoms with Crippen molar-refractivity contribution in [3.63, 3.8) is 0 Å². The molecule has 1 aromatic rings. The van der Waals surface area contributed by atoms with Gasteiger partial charge in [-0.25, -0.2) is 4.39 Å². The second-order valence-corrected chi connectivity index (χ2v) is 5.15. The van der Waals surface area contributed by atoms with Gasteiger partial charge in [0.05, 0.1) is 26.2 Å². The van der Waals surface area contributed by atoms with Gasteiger partial charge < -0.3 is 14.2 Å². The van der Waals surface area contributed by atoms with E-state index >= 15 is 0 Å². The number of esters is 3. The van der Waals surface area contributed by atoms with E-state index in [1.54, 1.807) is 26.8 Å². The van der Waals surface area contributed by atoms with E-state index in [1.165, 1.54) is 18.2 Å².